The molecule has 0 N–H and O–H groups in total. The van der Waals surface area contributed by atoms with Crippen LogP contribution in [-0.2, 0) is 0 Å². The minimum Gasteiger partial charge on any atom is -0.347 e. The number of hydrogen-bond donors (Lipinski definition) is 0. The molecule has 0 aromatic carbocycles. The van der Waals surface area contributed by atoms with E-state index in [9.17, 15) is 4.79 Å². The average molecular weight is 228 g/mol. The summed E-state index contributed by atoms with van der Waals surface area (Å²) in [6, 6.07) is 0.589. The van der Waals surface area contributed by atoms with Crippen molar-refractivity contribution in [2.75, 3.05) is 23.5 Å². The zero-order valence-electron chi connectivity index (χ0n) is 7.97. The van der Waals surface area contributed by atoms with Crippen LogP contribution >= 0.6 is 23.1 Å². The summed E-state index contributed by atoms with van der Waals surface area (Å²) < 4.78 is 0. The number of aromatic nitrogens is 1. The lowest BCUT2D eigenvalue weighted by molar-refractivity contribution is 0.112. The minimum absolute atomic E-state index is 0.589. The summed E-state index contributed by atoms with van der Waals surface area (Å²) in [6.07, 6.45) is 3.72. The van der Waals surface area contributed by atoms with Crippen molar-refractivity contribution >= 4 is 34.5 Å². The highest BCUT2D eigenvalue weighted by Gasteiger charge is 2.21. The Bertz CT molecular complexity index is 320. The SMILES string of the molecule is CN(c1ncc(C=O)s1)C1CCSC1. The van der Waals surface area contributed by atoms with Gasteiger partial charge >= 0.3 is 0 Å². The molecule has 1 fully saturated rings. The van der Waals surface area contributed by atoms with E-state index in [0.29, 0.717) is 10.9 Å². The highest BCUT2D eigenvalue weighted by atomic mass is 32.2. The van der Waals surface area contributed by atoms with Crippen molar-refractivity contribution in [3.63, 3.8) is 0 Å². The number of carbonyl (C=O) groups is 1. The first-order valence-electron chi connectivity index (χ1n) is 4.53. The van der Waals surface area contributed by atoms with Crippen LogP contribution in [-0.4, -0.2) is 35.9 Å². The molecule has 1 unspecified atom stereocenters. The van der Waals surface area contributed by atoms with Gasteiger partial charge in [0.15, 0.2) is 11.4 Å². The van der Waals surface area contributed by atoms with Gasteiger partial charge in [0.1, 0.15) is 0 Å². The fourth-order valence-electron chi connectivity index (χ4n) is 1.48. The van der Waals surface area contributed by atoms with Gasteiger partial charge in [0.05, 0.1) is 11.1 Å². The first-order valence-corrected chi connectivity index (χ1v) is 6.50. The van der Waals surface area contributed by atoms with Crippen molar-refractivity contribution in [2.24, 2.45) is 0 Å². The highest BCUT2D eigenvalue weighted by Crippen LogP contribution is 2.28. The lowest BCUT2D eigenvalue weighted by atomic mass is 10.2. The van der Waals surface area contributed by atoms with Crippen LogP contribution in [0.15, 0.2) is 6.20 Å². The van der Waals surface area contributed by atoms with E-state index in [1.807, 2.05) is 11.8 Å². The standard InChI is InChI=1S/C9H12N2OS2/c1-11(7-2-3-13-6-7)9-10-4-8(5-12)14-9/h4-5,7H,2-3,6H2,1H3. The molecular formula is C9H12N2OS2. The summed E-state index contributed by atoms with van der Waals surface area (Å²) in [7, 11) is 2.06. The van der Waals surface area contributed by atoms with E-state index in [4.69, 9.17) is 0 Å². The first-order chi connectivity index (χ1) is 6.81. The van der Waals surface area contributed by atoms with Gasteiger partial charge < -0.3 is 4.90 Å². The molecule has 1 atom stereocenters. The van der Waals surface area contributed by atoms with Crippen LogP contribution in [0.3, 0.4) is 0 Å². The molecular weight excluding hydrogens is 216 g/mol. The van der Waals surface area contributed by atoms with Gasteiger partial charge in [-0.2, -0.15) is 11.8 Å². The number of nitrogens with zero attached hydrogens (tertiary/aromatic N) is 2. The van der Waals surface area contributed by atoms with Crippen molar-refractivity contribution in [2.45, 2.75) is 12.5 Å². The maximum absolute atomic E-state index is 10.5. The van der Waals surface area contributed by atoms with Crippen LogP contribution in [0, 0.1) is 0 Å². The molecule has 3 nitrogen and oxygen atoms in total. The molecule has 0 radical (unpaired) electrons. The van der Waals surface area contributed by atoms with E-state index in [1.165, 1.54) is 29.3 Å². The Balaban J connectivity index is 2.09. The number of hydrogen-bond acceptors (Lipinski definition) is 5. The molecule has 0 aliphatic carbocycles. The molecule has 76 valence electrons. The second-order valence-corrected chi connectivity index (χ2v) is 5.48. The third-order valence-corrected chi connectivity index (χ3v) is 4.54. The lowest BCUT2D eigenvalue weighted by Gasteiger charge is -2.22. The molecule has 1 aliphatic rings. The Morgan fingerprint density at radius 3 is 3.14 bits per heavy atom. The largest absolute Gasteiger partial charge is 0.347 e. The lowest BCUT2D eigenvalue weighted by Crippen LogP contribution is -2.30. The minimum atomic E-state index is 0.589. The van der Waals surface area contributed by atoms with Crippen LogP contribution in [0.25, 0.3) is 0 Å². The van der Waals surface area contributed by atoms with Gasteiger partial charge in [-0.3, -0.25) is 4.79 Å². The Morgan fingerprint density at radius 2 is 2.57 bits per heavy atom. The van der Waals surface area contributed by atoms with E-state index >= 15 is 0 Å². The Hall–Kier alpha value is -0.550. The zero-order valence-corrected chi connectivity index (χ0v) is 9.61. The maximum Gasteiger partial charge on any atom is 0.185 e. The Morgan fingerprint density at radius 1 is 1.71 bits per heavy atom. The number of thiazole rings is 1. The number of aldehydes is 1. The number of thioether (sulfide) groups is 1. The van der Waals surface area contributed by atoms with Crippen molar-refractivity contribution in [3.05, 3.63) is 11.1 Å². The molecule has 0 amide bonds. The predicted octanol–water partition coefficient (Wildman–Crippen LogP) is 1.90. The summed E-state index contributed by atoms with van der Waals surface area (Å²) in [4.78, 5) is 17.6. The van der Waals surface area contributed by atoms with Crippen LogP contribution in [0.2, 0.25) is 0 Å². The van der Waals surface area contributed by atoms with Gasteiger partial charge in [-0.05, 0) is 12.2 Å². The molecule has 1 saturated heterocycles. The first kappa shape index (κ1) is 9.98. The highest BCUT2D eigenvalue weighted by molar-refractivity contribution is 7.99. The quantitative estimate of drug-likeness (QED) is 0.740. The third kappa shape index (κ3) is 1.93. The molecule has 1 aliphatic heterocycles. The van der Waals surface area contributed by atoms with Gasteiger partial charge in [-0.25, -0.2) is 4.98 Å². The van der Waals surface area contributed by atoms with Crippen molar-refractivity contribution in [1.82, 2.24) is 4.98 Å². The van der Waals surface area contributed by atoms with E-state index in [1.54, 1.807) is 6.20 Å². The van der Waals surface area contributed by atoms with Gasteiger partial charge in [0.25, 0.3) is 0 Å². The van der Waals surface area contributed by atoms with Crippen molar-refractivity contribution in [3.8, 4) is 0 Å². The van der Waals surface area contributed by atoms with E-state index in [2.05, 4.69) is 16.9 Å². The predicted molar refractivity (Wildman–Crippen MR) is 61.6 cm³/mol. The van der Waals surface area contributed by atoms with Gasteiger partial charge in [-0.1, -0.05) is 11.3 Å². The van der Waals surface area contributed by atoms with Gasteiger partial charge in [-0.15, -0.1) is 0 Å². The fraction of sp³-hybridized carbons (Fsp3) is 0.556. The van der Waals surface area contributed by atoms with E-state index in [-0.39, 0.29) is 0 Å². The molecule has 5 heteroatoms. The molecule has 0 saturated carbocycles. The molecule has 14 heavy (non-hydrogen) atoms. The molecule has 0 spiro atoms. The monoisotopic (exact) mass is 228 g/mol. The zero-order chi connectivity index (χ0) is 9.97. The van der Waals surface area contributed by atoms with Crippen LogP contribution < -0.4 is 4.90 Å². The molecule has 2 rings (SSSR count). The third-order valence-electron chi connectivity index (χ3n) is 2.38. The summed E-state index contributed by atoms with van der Waals surface area (Å²) in [5, 5.41) is 0.958. The van der Waals surface area contributed by atoms with Gasteiger partial charge in [0, 0.05) is 18.8 Å². The molecule has 1 aromatic rings. The maximum atomic E-state index is 10.5. The molecule has 2 heterocycles. The smallest absolute Gasteiger partial charge is 0.185 e. The average Bonchev–Trinajstić information content (AvgIpc) is 2.88. The number of anilines is 1. The topological polar surface area (TPSA) is 33.2 Å². The second-order valence-electron chi connectivity index (χ2n) is 3.29. The Kier molecular flexibility index (Phi) is 3.08. The second kappa shape index (κ2) is 4.31. The van der Waals surface area contributed by atoms with E-state index < -0.39 is 0 Å². The van der Waals surface area contributed by atoms with Crippen LogP contribution in [0.1, 0.15) is 16.1 Å². The molecule has 0 bridgehead atoms. The Labute approximate surface area is 91.5 Å². The number of rotatable bonds is 3. The summed E-state index contributed by atoms with van der Waals surface area (Å²) in [6.45, 7) is 0. The normalized spacial score (nSPS) is 21.1. The summed E-state index contributed by atoms with van der Waals surface area (Å²) >= 11 is 3.45. The fourth-order valence-corrected chi connectivity index (χ4v) is 3.51. The summed E-state index contributed by atoms with van der Waals surface area (Å²) in [5.74, 6) is 2.41. The van der Waals surface area contributed by atoms with Gasteiger partial charge in [0.2, 0.25) is 0 Å². The summed E-state index contributed by atoms with van der Waals surface area (Å²) in [5.41, 5.74) is 0. The molecule has 1 aromatic heterocycles. The number of carbonyl (C=O) groups excluding carboxylic acids is 1. The van der Waals surface area contributed by atoms with Crippen molar-refractivity contribution in [1.29, 1.82) is 0 Å². The van der Waals surface area contributed by atoms with Crippen LogP contribution in [0.5, 0.6) is 0 Å². The van der Waals surface area contributed by atoms with Crippen LogP contribution in [0.4, 0.5) is 5.13 Å². The van der Waals surface area contributed by atoms with Crippen molar-refractivity contribution < 1.29 is 4.79 Å². The van der Waals surface area contributed by atoms with E-state index in [0.717, 1.165) is 11.4 Å².